The first kappa shape index (κ1) is 21.6. The number of benzene rings is 1. The van der Waals surface area contributed by atoms with Gasteiger partial charge in [0.05, 0.1) is 13.7 Å². The molecule has 0 bridgehead atoms. The van der Waals surface area contributed by atoms with Crippen molar-refractivity contribution in [2.45, 2.75) is 32.6 Å². The first-order valence-electron chi connectivity index (χ1n) is 10.2. The van der Waals surface area contributed by atoms with Crippen LogP contribution in [0.1, 0.15) is 30.7 Å². The van der Waals surface area contributed by atoms with Gasteiger partial charge < -0.3 is 23.7 Å². The second-order valence-corrected chi connectivity index (χ2v) is 6.97. The van der Waals surface area contributed by atoms with Gasteiger partial charge in [-0.1, -0.05) is 18.2 Å². The molecule has 2 aromatic rings. The summed E-state index contributed by atoms with van der Waals surface area (Å²) in [5.74, 6) is 1.87. The number of carbonyl (C=O) groups excluding carboxylic acids is 2. The molecule has 162 valence electrons. The highest BCUT2D eigenvalue weighted by Gasteiger charge is 2.25. The van der Waals surface area contributed by atoms with Gasteiger partial charge in [-0.25, -0.2) is 4.79 Å². The number of aryl methyl sites for hydroxylation is 3. The van der Waals surface area contributed by atoms with E-state index in [1.54, 1.807) is 23.8 Å². The molecule has 9 heteroatoms. The van der Waals surface area contributed by atoms with E-state index in [-0.39, 0.29) is 12.0 Å². The first-order valence-corrected chi connectivity index (χ1v) is 10.2. The van der Waals surface area contributed by atoms with Crippen molar-refractivity contribution in [1.29, 1.82) is 0 Å². The van der Waals surface area contributed by atoms with Crippen LogP contribution < -0.4 is 4.74 Å². The van der Waals surface area contributed by atoms with Gasteiger partial charge in [-0.05, 0) is 25.0 Å². The Bertz CT molecular complexity index is 845. The third-order valence-electron chi connectivity index (χ3n) is 5.02. The van der Waals surface area contributed by atoms with Crippen LogP contribution in [0.4, 0.5) is 4.79 Å². The maximum atomic E-state index is 12.4. The van der Waals surface area contributed by atoms with Crippen molar-refractivity contribution in [2.75, 3.05) is 39.9 Å². The Kier molecular flexibility index (Phi) is 7.64. The van der Waals surface area contributed by atoms with E-state index in [2.05, 4.69) is 10.2 Å². The lowest BCUT2D eigenvalue weighted by Crippen LogP contribution is -2.50. The van der Waals surface area contributed by atoms with E-state index in [1.807, 2.05) is 24.3 Å². The second-order valence-electron chi connectivity index (χ2n) is 6.97. The van der Waals surface area contributed by atoms with Crippen LogP contribution in [0.3, 0.4) is 0 Å². The van der Waals surface area contributed by atoms with Gasteiger partial charge in [-0.2, -0.15) is 0 Å². The average Bonchev–Trinajstić information content (AvgIpc) is 3.24. The standard InChI is InChI=1S/C21H28N4O5/c1-3-29-21(27)25-14-12-24(13-15-25)20(26)11-10-19-23-22-18(30-19)9-8-16-6-4-5-7-17(16)28-2/h4-7H,3,8-15H2,1-2H3. The molecule has 1 aromatic carbocycles. The average molecular weight is 416 g/mol. The fourth-order valence-corrected chi connectivity index (χ4v) is 3.37. The molecule has 0 unspecified atom stereocenters. The summed E-state index contributed by atoms with van der Waals surface area (Å²) in [5.41, 5.74) is 1.08. The van der Waals surface area contributed by atoms with Gasteiger partial charge in [0.1, 0.15) is 5.75 Å². The predicted octanol–water partition coefficient (Wildman–Crippen LogP) is 2.10. The zero-order chi connectivity index (χ0) is 21.3. The van der Waals surface area contributed by atoms with Gasteiger partial charge in [-0.15, -0.1) is 10.2 Å². The minimum Gasteiger partial charge on any atom is -0.496 e. The topological polar surface area (TPSA) is 98.0 Å². The van der Waals surface area contributed by atoms with Crippen LogP contribution in [0.2, 0.25) is 0 Å². The Labute approximate surface area is 175 Å². The molecule has 9 nitrogen and oxygen atoms in total. The molecule has 0 radical (unpaired) electrons. The zero-order valence-electron chi connectivity index (χ0n) is 17.5. The van der Waals surface area contributed by atoms with E-state index in [0.717, 1.165) is 17.7 Å². The molecular weight excluding hydrogens is 388 g/mol. The highest BCUT2D eigenvalue weighted by atomic mass is 16.6. The summed E-state index contributed by atoms with van der Waals surface area (Å²) in [4.78, 5) is 27.6. The van der Waals surface area contributed by atoms with Gasteiger partial charge in [0.2, 0.25) is 17.7 Å². The number of amides is 2. The number of hydrogen-bond acceptors (Lipinski definition) is 7. The summed E-state index contributed by atoms with van der Waals surface area (Å²) < 4.78 is 16.0. The second kappa shape index (κ2) is 10.6. The number of hydrogen-bond donors (Lipinski definition) is 0. The molecule has 3 rings (SSSR count). The lowest BCUT2D eigenvalue weighted by molar-refractivity contribution is -0.132. The smallest absolute Gasteiger partial charge is 0.409 e. The Morgan fingerprint density at radius 1 is 1.00 bits per heavy atom. The van der Waals surface area contributed by atoms with E-state index in [1.165, 1.54) is 0 Å². The summed E-state index contributed by atoms with van der Waals surface area (Å²) in [6.45, 7) is 4.11. The molecule has 0 N–H and O–H groups in total. The molecular formula is C21H28N4O5. The molecule has 2 amide bonds. The van der Waals surface area contributed by atoms with Gasteiger partial charge in [0, 0.05) is 45.4 Å². The highest BCUT2D eigenvalue weighted by Crippen LogP contribution is 2.19. The maximum absolute atomic E-state index is 12.4. The van der Waals surface area contributed by atoms with Gasteiger partial charge in [0.15, 0.2) is 0 Å². The largest absolute Gasteiger partial charge is 0.496 e. The van der Waals surface area contributed by atoms with Crippen LogP contribution in [0, 0.1) is 0 Å². The summed E-state index contributed by atoms with van der Waals surface area (Å²) in [6.07, 6.45) is 1.72. The van der Waals surface area contributed by atoms with Gasteiger partial charge >= 0.3 is 6.09 Å². The molecule has 0 atom stereocenters. The Hall–Kier alpha value is -3.10. The predicted molar refractivity (Wildman–Crippen MR) is 108 cm³/mol. The minimum absolute atomic E-state index is 0.0206. The lowest BCUT2D eigenvalue weighted by Gasteiger charge is -2.34. The monoisotopic (exact) mass is 416 g/mol. The number of para-hydroxylation sites is 1. The van der Waals surface area contributed by atoms with E-state index in [0.29, 0.717) is 63.8 Å². The van der Waals surface area contributed by atoms with Gasteiger partial charge in [0.25, 0.3) is 0 Å². The molecule has 0 spiro atoms. The van der Waals surface area contributed by atoms with Crippen LogP contribution in [-0.2, 0) is 28.8 Å². The van der Waals surface area contributed by atoms with Crippen molar-refractivity contribution in [3.05, 3.63) is 41.6 Å². The number of piperazine rings is 1. The molecule has 0 aliphatic carbocycles. The number of carbonyl (C=O) groups is 2. The molecule has 1 saturated heterocycles. The number of ether oxygens (including phenoxy) is 2. The molecule has 1 aliphatic rings. The fraction of sp³-hybridized carbons (Fsp3) is 0.524. The van der Waals surface area contributed by atoms with Crippen molar-refractivity contribution in [3.8, 4) is 5.75 Å². The molecule has 1 fully saturated rings. The first-order chi connectivity index (χ1) is 14.6. The Morgan fingerprint density at radius 3 is 2.37 bits per heavy atom. The molecule has 1 aliphatic heterocycles. The molecule has 1 aromatic heterocycles. The molecule has 0 saturated carbocycles. The van der Waals surface area contributed by atoms with Crippen molar-refractivity contribution in [1.82, 2.24) is 20.0 Å². The van der Waals surface area contributed by atoms with E-state index in [9.17, 15) is 9.59 Å². The highest BCUT2D eigenvalue weighted by molar-refractivity contribution is 5.77. The van der Waals surface area contributed by atoms with Crippen molar-refractivity contribution in [3.63, 3.8) is 0 Å². The molecule has 2 heterocycles. The van der Waals surface area contributed by atoms with Crippen LogP contribution in [-0.4, -0.2) is 71.9 Å². The summed E-state index contributed by atoms with van der Waals surface area (Å²) >= 11 is 0. The Balaban J connectivity index is 1.42. The number of methoxy groups -OCH3 is 1. The summed E-state index contributed by atoms with van der Waals surface area (Å²) in [6, 6.07) is 7.83. The fourth-order valence-electron chi connectivity index (χ4n) is 3.37. The Morgan fingerprint density at radius 2 is 1.67 bits per heavy atom. The normalized spacial score (nSPS) is 13.9. The zero-order valence-corrected chi connectivity index (χ0v) is 17.5. The maximum Gasteiger partial charge on any atom is 0.409 e. The molecule has 30 heavy (non-hydrogen) atoms. The van der Waals surface area contributed by atoms with E-state index in [4.69, 9.17) is 13.9 Å². The number of rotatable bonds is 8. The number of nitrogens with zero attached hydrogens (tertiary/aromatic N) is 4. The lowest BCUT2D eigenvalue weighted by atomic mass is 10.1. The quantitative estimate of drug-likeness (QED) is 0.650. The van der Waals surface area contributed by atoms with Crippen LogP contribution in [0.25, 0.3) is 0 Å². The van der Waals surface area contributed by atoms with Gasteiger partial charge in [-0.3, -0.25) is 4.79 Å². The van der Waals surface area contributed by atoms with Crippen LogP contribution in [0.15, 0.2) is 28.7 Å². The van der Waals surface area contributed by atoms with Crippen molar-refractivity contribution >= 4 is 12.0 Å². The van der Waals surface area contributed by atoms with E-state index < -0.39 is 0 Å². The third-order valence-corrected chi connectivity index (χ3v) is 5.02. The minimum atomic E-state index is -0.323. The van der Waals surface area contributed by atoms with E-state index >= 15 is 0 Å². The third kappa shape index (κ3) is 5.71. The van der Waals surface area contributed by atoms with Crippen molar-refractivity contribution < 1.29 is 23.5 Å². The number of aromatic nitrogens is 2. The van der Waals surface area contributed by atoms with Crippen LogP contribution >= 0.6 is 0 Å². The van der Waals surface area contributed by atoms with Crippen LogP contribution in [0.5, 0.6) is 5.75 Å². The van der Waals surface area contributed by atoms with Crippen molar-refractivity contribution in [2.24, 2.45) is 0 Å². The summed E-state index contributed by atoms with van der Waals surface area (Å²) in [5, 5.41) is 8.14. The summed E-state index contributed by atoms with van der Waals surface area (Å²) in [7, 11) is 1.65. The SMILES string of the molecule is CCOC(=O)N1CCN(C(=O)CCc2nnc(CCc3ccccc3OC)o2)CC1.